The number of hydrogen-bond donors (Lipinski definition) is 0. The fourth-order valence-electron chi connectivity index (χ4n) is 3.10. The Morgan fingerprint density at radius 1 is 1.41 bits per heavy atom. The van der Waals surface area contributed by atoms with Crippen molar-refractivity contribution in [3.63, 3.8) is 0 Å². The molecule has 1 atom stereocenters. The molecule has 2 heterocycles. The number of benzene rings is 1. The van der Waals surface area contributed by atoms with Crippen LogP contribution in [0.4, 0.5) is 0 Å². The Bertz CT molecular complexity index is 668. The van der Waals surface area contributed by atoms with E-state index in [2.05, 4.69) is 35.1 Å². The quantitative estimate of drug-likeness (QED) is 0.843. The predicted octanol–water partition coefficient (Wildman–Crippen LogP) is 3.59. The average Bonchev–Trinajstić information content (AvgIpc) is 2.78. The van der Waals surface area contributed by atoms with E-state index in [1.807, 2.05) is 13.1 Å². The number of nitrogens with zero attached hydrogens (tertiary/aromatic N) is 3. The molecular weight excluding hydrogens is 298 g/mol. The first-order valence-electron chi connectivity index (χ1n) is 7.72. The zero-order chi connectivity index (χ0) is 15.7. The van der Waals surface area contributed by atoms with Gasteiger partial charge < -0.3 is 4.74 Å². The van der Waals surface area contributed by atoms with E-state index >= 15 is 0 Å². The van der Waals surface area contributed by atoms with Crippen molar-refractivity contribution in [2.75, 3.05) is 13.7 Å². The first-order valence-corrected chi connectivity index (χ1v) is 8.10. The van der Waals surface area contributed by atoms with E-state index in [1.54, 1.807) is 11.8 Å². The summed E-state index contributed by atoms with van der Waals surface area (Å²) in [5, 5.41) is 5.26. The minimum atomic E-state index is 0.441. The normalized spacial score (nSPS) is 18.3. The van der Waals surface area contributed by atoms with Gasteiger partial charge in [0.25, 0.3) is 0 Å². The van der Waals surface area contributed by atoms with Crippen molar-refractivity contribution in [3.8, 4) is 5.75 Å². The lowest BCUT2D eigenvalue weighted by atomic mass is 9.94. The molecule has 1 aliphatic heterocycles. The van der Waals surface area contributed by atoms with E-state index in [9.17, 15) is 0 Å². The highest BCUT2D eigenvalue weighted by atomic mass is 35.5. The summed E-state index contributed by atoms with van der Waals surface area (Å²) in [7, 11) is 3.61. The van der Waals surface area contributed by atoms with E-state index in [4.69, 9.17) is 16.3 Å². The molecule has 1 aromatic carbocycles. The van der Waals surface area contributed by atoms with Crippen LogP contribution >= 0.6 is 11.6 Å². The molecule has 2 aromatic rings. The number of hydrogen-bond acceptors (Lipinski definition) is 3. The third-order valence-corrected chi connectivity index (χ3v) is 4.93. The van der Waals surface area contributed by atoms with Gasteiger partial charge in [0, 0.05) is 31.7 Å². The molecule has 1 fully saturated rings. The second kappa shape index (κ2) is 6.31. The van der Waals surface area contributed by atoms with Crippen LogP contribution in [0, 0.1) is 0 Å². The lowest BCUT2D eigenvalue weighted by molar-refractivity contribution is 0.0814. The van der Waals surface area contributed by atoms with Crippen LogP contribution in [-0.4, -0.2) is 28.3 Å². The lowest BCUT2D eigenvalue weighted by Crippen LogP contribution is -2.40. The minimum Gasteiger partial charge on any atom is -0.497 e. The molecule has 1 saturated heterocycles. The van der Waals surface area contributed by atoms with Crippen molar-refractivity contribution in [2.45, 2.75) is 32.4 Å². The second-order valence-corrected chi connectivity index (χ2v) is 6.10. The maximum absolute atomic E-state index is 6.41. The van der Waals surface area contributed by atoms with E-state index in [0.717, 1.165) is 36.1 Å². The van der Waals surface area contributed by atoms with Crippen molar-refractivity contribution in [3.05, 3.63) is 46.2 Å². The van der Waals surface area contributed by atoms with E-state index in [0.29, 0.717) is 6.04 Å². The van der Waals surface area contributed by atoms with Crippen LogP contribution in [-0.2, 0) is 20.0 Å². The number of halogens is 1. The number of likely N-dealkylation sites (tertiary alicyclic amines) is 1. The summed E-state index contributed by atoms with van der Waals surface area (Å²) < 4.78 is 7.11. The monoisotopic (exact) mass is 319 g/mol. The van der Waals surface area contributed by atoms with Crippen LogP contribution in [0.5, 0.6) is 5.75 Å². The van der Waals surface area contributed by atoms with Crippen molar-refractivity contribution >= 4 is 11.6 Å². The molecule has 1 aliphatic rings. The summed E-state index contributed by atoms with van der Waals surface area (Å²) in [5.74, 6) is 0.915. The Morgan fingerprint density at radius 2 is 2.23 bits per heavy atom. The van der Waals surface area contributed by atoms with Crippen LogP contribution < -0.4 is 4.74 Å². The highest BCUT2D eigenvalue weighted by Gasteiger charge is 2.31. The van der Waals surface area contributed by atoms with Crippen molar-refractivity contribution < 1.29 is 4.74 Å². The molecule has 1 aromatic heterocycles. The molecule has 0 bridgehead atoms. The molecule has 5 heteroatoms. The van der Waals surface area contributed by atoms with Crippen LogP contribution in [0.2, 0.25) is 5.15 Å². The lowest BCUT2D eigenvalue weighted by Gasteiger charge is -2.41. The van der Waals surface area contributed by atoms with Crippen molar-refractivity contribution in [1.29, 1.82) is 0 Å². The molecule has 0 saturated carbocycles. The summed E-state index contributed by atoms with van der Waals surface area (Å²) in [6.45, 7) is 4.08. The summed E-state index contributed by atoms with van der Waals surface area (Å²) in [6, 6.07) is 8.78. The van der Waals surface area contributed by atoms with Crippen LogP contribution in [0.15, 0.2) is 24.3 Å². The molecule has 0 amide bonds. The summed E-state index contributed by atoms with van der Waals surface area (Å²) in [6.07, 6.45) is 2.08. The Balaban J connectivity index is 1.79. The molecule has 0 spiro atoms. The van der Waals surface area contributed by atoms with Gasteiger partial charge in [-0.2, -0.15) is 5.10 Å². The number of aromatic nitrogens is 2. The average molecular weight is 320 g/mol. The SMILES string of the molecule is CCc1nn(C)c(Cl)c1CN1CC[C@H]1c1cccc(OC)c1. The van der Waals surface area contributed by atoms with Gasteiger partial charge in [-0.15, -0.1) is 0 Å². The van der Waals surface area contributed by atoms with Gasteiger partial charge in [-0.05, 0) is 30.5 Å². The topological polar surface area (TPSA) is 30.3 Å². The first-order chi connectivity index (χ1) is 10.6. The third kappa shape index (κ3) is 2.73. The number of rotatable bonds is 5. The van der Waals surface area contributed by atoms with Gasteiger partial charge in [0.1, 0.15) is 10.9 Å². The van der Waals surface area contributed by atoms with Gasteiger partial charge >= 0.3 is 0 Å². The molecule has 4 nitrogen and oxygen atoms in total. The van der Waals surface area contributed by atoms with Gasteiger partial charge in [0.15, 0.2) is 0 Å². The Hall–Kier alpha value is -1.52. The van der Waals surface area contributed by atoms with Gasteiger partial charge in [-0.1, -0.05) is 30.7 Å². The molecule has 118 valence electrons. The highest BCUT2D eigenvalue weighted by Crippen LogP contribution is 2.37. The molecular formula is C17H22ClN3O. The van der Waals surface area contributed by atoms with Gasteiger partial charge in [0.2, 0.25) is 0 Å². The number of aryl methyl sites for hydroxylation is 2. The molecule has 0 unspecified atom stereocenters. The third-order valence-electron chi connectivity index (χ3n) is 4.46. The molecule has 0 N–H and O–H groups in total. The summed E-state index contributed by atoms with van der Waals surface area (Å²) in [5.41, 5.74) is 3.58. The van der Waals surface area contributed by atoms with Crippen LogP contribution in [0.3, 0.4) is 0 Å². The van der Waals surface area contributed by atoms with Crippen molar-refractivity contribution in [2.24, 2.45) is 7.05 Å². The molecule has 0 radical (unpaired) electrons. The fourth-order valence-corrected chi connectivity index (χ4v) is 3.31. The highest BCUT2D eigenvalue weighted by molar-refractivity contribution is 6.30. The number of ether oxygens (including phenoxy) is 1. The Kier molecular flexibility index (Phi) is 4.41. The standard InChI is InChI=1S/C17H22ClN3O/c1-4-15-14(17(18)20(2)19-15)11-21-9-8-16(21)12-6-5-7-13(10-12)22-3/h5-7,10,16H,4,8-9,11H2,1-3H3/t16-/m0/s1. The molecule has 3 rings (SSSR count). The van der Waals surface area contributed by atoms with E-state index < -0.39 is 0 Å². The number of methoxy groups -OCH3 is 1. The molecule has 22 heavy (non-hydrogen) atoms. The van der Waals surface area contributed by atoms with Crippen molar-refractivity contribution in [1.82, 2.24) is 14.7 Å². The second-order valence-electron chi connectivity index (χ2n) is 5.74. The zero-order valence-electron chi connectivity index (χ0n) is 13.3. The maximum atomic E-state index is 6.41. The summed E-state index contributed by atoms with van der Waals surface area (Å²) in [4.78, 5) is 2.46. The predicted molar refractivity (Wildman–Crippen MR) is 88.4 cm³/mol. The fraction of sp³-hybridized carbons (Fsp3) is 0.471. The van der Waals surface area contributed by atoms with Crippen LogP contribution in [0.1, 0.15) is 36.2 Å². The smallest absolute Gasteiger partial charge is 0.131 e. The zero-order valence-corrected chi connectivity index (χ0v) is 14.1. The van der Waals surface area contributed by atoms with E-state index in [-0.39, 0.29) is 0 Å². The first kappa shape index (κ1) is 15.4. The van der Waals surface area contributed by atoms with Gasteiger partial charge in [-0.3, -0.25) is 9.58 Å². The largest absolute Gasteiger partial charge is 0.497 e. The van der Waals surface area contributed by atoms with E-state index in [1.165, 1.54) is 17.5 Å². The molecule has 0 aliphatic carbocycles. The summed E-state index contributed by atoms with van der Waals surface area (Å²) >= 11 is 6.41. The Morgan fingerprint density at radius 3 is 2.86 bits per heavy atom. The van der Waals surface area contributed by atoms with Crippen LogP contribution in [0.25, 0.3) is 0 Å². The van der Waals surface area contributed by atoms with Gasteiger partial charge in [0.05, 0.1) is 12.8 Å². The van der Waals surface area contributed by atoms with Gasteiger partial charge in [-0.25, -0.2) is 0 Å². The maximum Gasteiger partial charge on any atom is 0.131 e. The minimum absolute atomic E-state index is 0.441. The Labute approximate surface area is 136 Å².